The number of nitrogens with one attached hydrogen (secondary N) is 1. The Hall–Kier alpha value is -0.940. The predicted molar refractivity (Wildman–Crippen MR) is 104 cm³/mol. The van der Waals surface area contributed by atoms with E-state index in [1.807, 2.05) is 6.92 Å². The van der Waals surface area contributed by atoms with E-state index in [4.69, 9.17) is 0 Å². The minimum absolute atomic E-state index is 0.0862. The molecule has 140 valence electrons. The van der Waals surface area contributed by atoms with Crippen LogP contribution < -0.4 is 5.32 Å². The van der Waals surface area contributed by atoms with E-state index in [0.29, 0.717) is 6.04 Å². The molecule has 2 fully saturated rings. The summed E-state index contributed by atoms with van der Waals surface area (Å²) in [6.45, 7) is 7.64. The van der Waals surface area contributed by atoms with Crippen LogP contribution in [-0.4, -0.2) is 41.5 Å². The summed E-state index contributed by atoms with van der Waals surface area (Å²) in [5.41, 5.74) is 0.890. The van der Waals surface area contributed by atoms with Crippen LogP contribution in [0.1, 0.15) is 78.7 Å². The van der Waals surface area contributed by atoms with Crippen molar-refractivity contribution >= 4 is 17.2 Å². The number of aromatic nitrogens is 1. The molecule has 1 amide bonds. The Kier molecular flexibility index (Phi) is 6.88. The van der Waals surface area contributed by atoms with E-state index in [1.54, 1.807) is 11.3 Å². The molecule has 0 spiro atoms. The lowest BCUT2D eigenvalue weighted by molar-refractivity contribution is 0.0905. The molecule has 0 unspecified atom stereocenters. The summed E-state index contributed by atoms with van der Waals surface area (Å²) in [5.74, 6) is 1.000. The number of piperidine rings is 1. The predicted octanol–water partition coefficient (Wildman–Crippen LogP) is 4.18. The van der Waals surface area contributed by atoms with Gasteiger partial charge in [0.15, 0.2) is 0 Å². The Morgan fingerprint density at radius 3 is 2.60 bits per heavy atom. The van der Waals surface area contributed by atoms with Crippen molar-refractivity contribution in [2.24, 2.45) is 5.92 Å². The lowest BCUT2D eigenvalue weighted by atomic mass is 9.88. The van der Waals surface area contributed by atoms with Crippen molar-refractivity contribution in [2.75, 3.05) is 19.6 Å². The maximum atomic E-state index is 12.6. The number of amides is 1. The van der Waals surface area contributed by atoms with Crippen LogP contribution in [0.2, 0.25) is 0 Å². The van der Waals surface area contributed by atoms with E-state index in [1.165, 1.54) is 38.6 Å². The second kappa shape index (κ2) is 9.13. The topological polar surface area (TPSA) is 45.2 Å². The van der Waals surface area contributed by atoms with Gasteiger partial charge in [-0.1, -0.05) is 26.2 Å². The first kappa shape index (κ1) is 18.8. The van der Waals surface area contributed by atoms with Gasteiger partial charge in [0.2, 0.25) is 0 Å². The molecule has 1 aromatic rings. The average Bonchev–Trinajstić information content (AvgIpc) is 2.98. The minimum Gasteiger partial charge on any atom is -0.348 e. The molecule has 1 saturated heterocycles. The number of aryl methyl sites for hydroxylation is 2. The fraction of sp³-hybridized carbons (Fsp3) is 0.800. The molecule has 2 heterocycles. The van der Waals surface area contributed by atoms with Gasteiger partial charge < -0.3 is 10.2 Å². The molecule has 2 aliphatic rings. The van der Waals surface area contributed by atoms with Crippen molar-refractivity contribution in [3.63, 3.8) is 0 Å². The van der Waals surface area contributed by atoms with E-state index in [9.17, 15) is 4.79 Å². The van der Waals surface area contributed by atoms with Crippen LogP contribution in [0.15, 0.2) is 0 Å². The summed E-state index contributed by atoms with van der Waals surface area (Å²) >= 11 is 1.57. The molecular weight excluding hydrogens is 330 g/mol. The quantitative estimate of drug-likeness (QED) is 0.825. The van der Waals surface area contributed by atoms with Crippen LogP contribution in [0.5, 0.6) is 0 Å². The molecule has 1 aromatic heterocycles. The van der Waals surface area contributed by atoms with Crippen LogP contribution in [0.3, 0.4) is 0 Å². The second-order valence-electron chi connectivity index (χ2n) is 7.82. The summed E-state index contributed by atoms with van der Waals surface area (Å²) < 4.78 is 0. The number of rotatable bonds is 6. The molecule has 0 bridgehead atoms. The summed E-state index contributed by atoms with van der Waals surface area (Å²) in [6, 6.07) is 0.325. The fourth-order valence-corrected chi connectivity index (χ4v) is 5.30. The highest BCUT2D eigenvalue weighted by atomic mass is 32.1. The first-order chi connectivity index (χ1) is 12.2. The summed E-state index contributed by atoms with van der Waals surface area (Å²) in [6.07, 6.45) is 11.3. The lowest BCUT2D eigenvalue weighted by Crippen LogP contribution is -2.45. The zero-order valence-electron chi connectivity index (χ0n) is 15.9. The van der Waals surface area contributed by atoms with Crippen LogP contribution >= 0.6 is 11.3 Å². The third kappa shape index (κ3) is 5.27. The van der Waals surface area contributed by atoms with Gasteiger partial charge in [0.25, 0.3) is 5.91 Å². The fourth-order valence-electron chi connectivity index (χ4n) is 4.23. The van der Waals surface area contributed by atoms with Crippen molar-refractivity contribution in [2.45, 2.75) is 77.7 Å². The minimum atomic E-state index is 0.0862. The summed E-state index contributed by atoms with van der Waals surface area (Å²) in [5, 5.41) is 4.35. The number of nitrogens with zero attached hydrogens (tertiary/aromatic N) is 2. The molecule has 0 atom stereocenters. The van der Waals surface area contributed by atoms with E-state index in [-0.39, 0.29) is 5.91 Å². The third-order valence-electron chi connectivity index (χ3n) is 5.67. The Morgan fingerprint density at radius 2 is 1.92 bits per heavy atom. The zero-order chi connectivity index (χ0) is 17.6. The molecule has 1 aliphatic carbocycles. The second-order valence-corrected chi connectivity index (χ2v) is 8.91. The van der Waals surface area contributed by atoms with E-state index >= 15 is 0 Å². The molecule has 1 saturated carbocycles. The van der Waals surface area contributed by atoms with Crippen molar-refractivity contribution < 1.29 is 4.79 Å². The van der Waals surface area contributed by atoms with Gasteiger partial charge in [-0.3, -0.25) is 4.79 Å². The van der Waals surface area contributed by atoms with Crippen LogP contribution in [0.4, 0.5) is 0 Å². The van der Waals surface area contributed by atoms with Crippen molar-refractivity contribution in [1.29, 1.82) is 0 Å². The molecule has 25 heavy (non-hydrogen) atoms. The monoisotopic (exact) mass is 363 g/mol. The number of hydrogen-bond donors (Lipinski definition) is 1. The standard InChI is InChI=1S/C20H33N3OS/c1-3-7-18-21-15(2)19(25-18)20(24)22-17-10-12-23(13-11-17)14-16-8-5-4-6-9-16/h16-17H,3-14H2,1-2H3,(H,22,24). The normalized spacial score (nSPS) is 20.7. The maximum Gasteiger partial charge on any atom is 0.263 e. The number of hydrogen-bond acceptors (Lipinski definition) is 4. The number of carbonyl (C=O) groups excluding carboxylic acids is 1. The third-order valence-corrected chi connectivity index (χ3v) is 6.89. The van der Waals surface area contributed by atoms with Crippen LogP contribution in [0.25, 0.3) is 0 Å². The summed E-state index contributed by atoms with van der Waals surface area (Å²) in [4.78, 5) is 20.6. The Balaban J connectivity index is 1.44. The van der Waals surface area contributed by atoms with Gasteiger partial charge in [0, 0.05) is 25.7 Å². The van der Waals surface area contributed by atoms with Crippen LogP contribution in [-0.2, 0) is 6.42 Å². The van der Waals surface area contributed by atoms with Crippen molar-refractivity contribution in [3.05, 3.63) is 15.6 Å². The molecule has 1 N–H and O–H groups in total. The lowest BCUT2D eigenvalue weighted by Gasteiger charge is -2.35. The Bertz CT molecular complexity index is 557. The summed E-state index contributed by atoms with van der Waals surface area (Å²) in [7, 11) is 0. The highest BCUT2D eigenvalue weighted by Gasteiger charge is 2.25. The maximum absolute atomic E-state index is 12.6. The first-order valence-electron chi connectivity index (χ1n) is 10.1. The highest BCUT2D eigenvalue weighted by molar-refractivity contribution is 7.13. The number of carbonyl (C=O) groups is 1. The molecule has 3 rings (SSSR count). The number of thiazole rings is 1. The molecular formula is C20H33N3OS. The highest BCUT2D eigenvalue weighted by Crippen LogP contribution is 2.26. The smallest absolute Gasteiger partial charge is 0.263 e. The van der Waals surface area contributed by atoms with Crippen molar-refractivity contribution in [1.82, 2.24) is 15.2 Å². The van der Waals surface area contributed by atoms with Gasteiger partial charge >= 0.3 is 0 Å². The van der Waals surface area contributed by atoms with E-state index in [0.717, 1.165) is 60.3 Å². The molecule has 5 heteroatoms. The molecule has 1 aliphatic heterocycles. The Labute approximate surface area is 156 Å². The van der Waals surface area contributed by atoms with Gasteiger partial charge in [-0.25, -0.2) is 4.98 Å². The van der Waals surface area contributed by atoms with Crippen LogP contribution in [0, 0.1) is 12.8 Å². The Morgan fingerprint density at radius 1 is 1.20 bits per heavy atom. The van der Waals surface area contributed by atoms with E-state index < -0.39 is 0 Å². The molecule has 4 nitrogen and oxygen atoms in total. The number of likely N-dealkylation sites (tertiary alicyclic amines) is 1. The molecule has 0 radical (unpaired) electrons. The van der Waals surface area contributed by atoms with Gasteiger partial charge in [0.1, 0.15) is 4.88 Å². The zero-order valence-corrected chi connectivity index (χ0v) is 16.7. The average molecular weight is 364 g/mol. The van der Waals surface area contributed by atoms with Gasteiger partial charge in [-0.2, -0.15) is 0 Å². The van der Waals surface area contributed by atoms with Gasteiger partial charge in [-0.15, -0.1) is 11.3 Å². The van der Waals surface area contributed by atoms with Gasteiger partial charge in [0.05, 0.1) is 10.7 Å². The SMILES string of the molecule is CCCc1nc(C)c(C(=O)NC2CCN(CC3CCCCC3)CC2)s1. The first-order valence-corrected chi connectivity index (χ1v) is 11.0. The van der Waals surface area contributed by atoms with E-state index in [2.05, 4.69) is 22.1 Å². The van der Waals surface area contributed by atoms with Crippen molar-refractivity contribution in [3.8, 4) is 0 Å². The van der Waals surface area contributed by atoms with Gasteiger partial charge in [-0.05, 0) is 51.4 Å². The molecule has 0 aromatic carbocycles. The largest absolute Gasteiger partial charge is 0.348 e.